The van der Waals surface area contributed by atoms with E-state index in [2.05, 4.69) is 0 Å². The molecule has 5 heteroatoms. The molecule has 44 valence electrons. The molecule has 0 saturated heterocycles. The Kier molecular flexibility index (Phi) is 24.0. The lowest BCUT2D eigenvalue weighted by Gasteiger charge is -1.70. The van der Waals surface area contributed by atoms with Crippen molar-refractivity contribution in [1.82, 2.24) is 0 Å². The summed E-state index contributed by atoms with van der Waals surface area (Å²) in [5.41, 5.74) is 0. The van der Waals surface area contributed by atoms with E-state index in [1.807, 2.05) is 0 Å². The topological polar surface area (TPSA) is 77.8 Å². The largest absolute Gasteiger partial charge is 0.491 e. The Hall–Kier alpha value is -0.0200. The molecule has 0 aliphatic heterocycles. The molecule has 0 fully saturated rings. The van der Waals surface area contributed by atoms with Gasteiger partial charge in [0.25, 0.3) is 0 Å². The quantitative estimate of drug-likeness (QED) is 0.390. The van der Waals surface area contributed by atoms with Gasteiger partial charge in [-0.15, -0.1) is 0 Å². The van der Waals surface area contributed by atoms with Crippen LogP contribution in [0.3, 0.4) is 0 Å². The molecule has 0 rings (SSSR count). The summed E-state index contributed by atoms with van der Waals surface area (Å²) in [6, 6.07) is 0. The lowest BCUT2D eigenvalue weighted by Crippen LogP contribution is -1.85. The van der Waals surface area contributed by atoms with Crippen molar-refractivity contribution in [2.24, 2.45) is 0 Å². The van der Waals surface area contributed by atoms with Crippen molar-refractivity contribution in [3.63, 3.8) is 0 Å². The zero-order valence-corrected chi connectivity index (χ0v) is 4.66. The minimum atomic E-state index is -1.17. The van der Waals surface area contributed by atoms with Crippen LogP contribution in [0.4, 0.5) is 0 Å². The summed E-state index contributed by atoms with van der Waals surface area (Å²) < 4.78 is 8.51. The molecule has 3 N–H and O–H groups in total. The lowest BCUT2D eigenvalue weighted by molar-refractivity contribution is 0.186. The molecule has 1 atom stereocenters. The van der Waals surface area contributed by atoms with Gasteiger partial charge in [-0.2, -0.15) is 4.89 Å². The fourth-order valence-corrected chi connectivity index (χ4v) is 0. The molecular formula is C2H8O4P+. The molecule has 4 nitrogen and oxygen atoms in total. The van der Waals surface area contributed by atoms with Crippen LogP contribution in [0.5, 0.6) is 0 Å². The SMILES string of the molecule is O=[PH+]O.OCCO. The first kappa shape index (κ1) is 10.1. The van der Waals surface area contributed by atoms with Crippen molar-refractivity contribution in [3.8, 4) is 0 Å². The third-order valence-corrected chi connectivity index (χ3v) is 0.1000. The lowest BCUT2D eigenvalue weighted by atomic mass is 10.8. The van der Waals surface area contributed by atoms with E-state index < -0.39 is 8.69 Å². The maximum absolute atomic E-state index is 8.51. The monoisotopic (exact) mass is 127 g/mol. The van der Waals surface area contributed by atoms with Gasteiger partial charge in [-0.25, -0.2) is 0 Å². The molecule has 0 heterocycles. The minimum absolute atomic E-state index is 0.125. The summed E-state index contributed by atoms with van der Waals surface area (Å²) in [4.78, 5) is 7.04. The van der Waals surface area contributed by atoms with Gasteiger partial charge in [-0.05, 0) is 4.57 Å². The summed E-state index contributed by atoms with van der Waals surface area (Å²) in [5.74, 6) is 0. The Bertz CT molecular complexity index is 28.9. The summed E-state index contributed by atoms with van der Waals surface area (Å²) in [7, 11) is -1.17. The van der Waals surface area contributed by atoms with Crippen LogP contribution in [0.25, 0.3) is 0 Å². The van der Waals surface area contributed by atoms with E-state index in [1.165, 1.54) is 0 Å². The van der Waals surface area contributed by atoms with Gasteiger partial charge in [-0.3, -0.25) is 0 Å². The van der Waals surface area contributed by atoms with Crippen molar-refractivity contribution < 1.29 is 19.7 Å². The average Bonchev–Trinajstić information content (AvgIpc) is 1.69. The Morgan fingerprint density at radius 3 is 1.43 bits per heavy atom. The number of hydrogen-bond acceptors (Lipinski definition) is 3. The van der Waals surface area contributed by atoms with E-state index in [0.717, 1.165) is 0 Å². The van der Waals surface area contributed by atoms with Crippen molar-refractivity contribution in [1.29, 1.82) is 0 Å². The highest BCUT2D eigenvalue weighted by atomic mass is 31.1. The van der Waals surface area contributed by atoms with Crippen molar-refractivity contribution in [2.45, 2.75) is 0 Å². The maximum atomic E-state index is 8.51. The summed E-state index contributed by atoms with van der Waals surface area (Å²) in [5, 5.41) is 15.2. The van der Waals surface area contributed by atoms with E-state index >= 15 is 0 Å². The summed E-state index contributed by atoms with van der Waals surface area (Å²) >= 11 is 0. The fraction of sp³-hybridized carbons (Fsp3) is 1.00. The highest BCUT2D eigenvalue weighted by Crippen LogP contribution is 1.66. The van der Waals surface area contributed by atoms with Crippen LogP contribution >= 0.6 is 8.69 Å². The molecule has 0 aromatic carbocycles. The highest BCUT2D eigenvalue weighted by Gasteiger charge is 1.58. The van der Waals surface area contributed by atoms with E-state index in [-0.39, 0.29) is 13.2 Å². The van der Waals surface area contributed by atoms with E-state index in [1.54, 1.807) is 0 Å². The molecule has 0 radical (unpaired) electrons. The fourth-order valence-electron chi connectivity index (χ4n) is 0. The summed E-state index contributed by atoms with van der Waals surface area (Å²) in [6.07, 6.45) is 0. The molecule has 0 aliphatic rings. The zero-order chi connectivity index (χ0) is 6.12. The second-order valence-electron chi connectivity index (χ2n) is 0.539. The van der Waals surface area contributed by atoms with Gasteiger partial charge >= 0.3 is 8.69 Å². The number of hydrogen-bond donors (Lipinski definition) is 3. The first-order valence-electron chi connectivity index (χ1n) is 1.56. The molecule has 0 aliphatic carbocycles. The normalized spacial score (nSPS) is 7.29. The first-order valence-corrected chi connectivity index (χ1v) is 2.42. The molecule has 0 aromatic rings. The van der Waals surface area contributed by atoms with Gasteiger partial charge in [0, 0.05) is 0 Å². The Balaban J connectivity index is 0. The van der Waals surface area contributed by atoms with Crippen LogP contribution in [0.15, 0.2) is 0 Å². The van der Waals surface area contributed by atoms with Crippen LogP contribution in [0.1, 0.15) is 0 Å². The Morgan fingerprint density at radius 2 is 1.43 bits per heavy atom. The van der Waals surface area contributed by atoms with Gasteiger partial charge < -0.3 is 10.2 Å². The predicted octanol–water partition coefficient (Wildman–Crippen LogP) is -1.11. The van der Waals surface area contributed by atoms with E-state index in [0.29, 0.717) is 0 Å². The number of aliphatic hydroxyl groups is 2. The molecule has 0 aromatic heterocycles. The third kappa shape index (κ3) is 98.6. The minimum Gasteiger partial charge on any atom is -0.394 e. The van der Waals surface area contributed by atoms with Crippen LogP contribution in [0, 0.1) is 0 Å². The molecule has 0 amide bonds. The molecular weight excluding hydrogens is 119 g/mol. The maximum Gasteiger partial charge on any atom is 0.491 e. The predicted molar refractivity (Wildman–Crippen MR) is 25.4 cm³/mol. The number of rotatable bonds is 1. The zero-order valence-electron chi connectivity index (χ0n) is 3.66. The first-order chi connectivity index (χ1) is 3.33. The van der Waals surface area contributed by atoms with Crippen LogP contribution in [0.2, 0.25) is 0 Å². The van der Waals surface area contributed by atoms with Crippen molar-refractivity contribution in [3.05, 3.63) is 0 Å². The van der Waals surface area contributed by atoms with Crippen molar-refractivity contribution >= 4 is 8.69 Å². The molecule has 0 saturated carbocycles. The van der Waals surface area contributed by atoms with Gasteiger partial charge in [0.1, 0.15) is 0 Å². The second kappa shape index (κ2) is 16.7. The molecule has 0 bridgehead atoms. The second-order valence-corrected chi connectivity index (χ2v) is 0.721. The van der Waals surface area contributed by atoms with Crippen LogP contribution < -0.4 is 0 Å². The van der Waals surface area contributed by atoms with E-state index in [4.69, 9.17) is 19.7 Å². The van der Waals surface area contributed by atoms with Crippen LogP contribution in [-0.2, 0) is 4.57 Å². The smallest absolute Gasteiger partial charge is 0.394 e. The van der Waals surface area contributed by atoms with Gasteiger partial charge in [-0.1, -0.05) is 0 Å². The van der Waals surface area contributed by atoms with Crippen LogP contribution in [-0.4, -0.2) is 28.3 Å². The van der Waals surface area contributed by atoms with Crippen molar-refractivity contribution in [2.75, 3.05) is 13.2 Å². The van der Waals surface area contributed by atoms with Gasteiger partial charge in [0.2, 0.25) is 0 Å². The summed E-state index contributed by atoms with van der Waals surface area (Å²) in [6.45, 7) is -0.250. The third-order valence-electron chi connectivity index (χ3n) is 0.1000. The highest BCUT2D eigenvalue weighted by molar-refractivity contribution is 7.16. The standard InChI is InChI=1S/C2H6O2.HO2P/c3-1-2-4;1-3-2/h3-4H,1-2H2;3H/p+1. The molecule has 7 heavy (non-hydrogen) atoms. The van der Waals surface area contributed by atoms with Gasteiger partial charge in [0.05, 0.1) is 13.2 Å². The van der Waals surface area contributed by atoms with E-state index in [9.17, 15) is 0 Å². The molecule has 1 unspecified atom stereocenters. The Morgan fingerprint density at radius 1 is 1.29 bits per heavy atom. The average molecular weight is 127 g/mol. The number of aliphatic hydroxyl groups excluding tert-OH is 2. The Labute approximate surface area is 42.7 Å². The molecule has 0 spiro atoms. The van der Waals surface area contributed by atoms with Gasteiger partial charge in [0.15, 0.2) is 0 Å².